The van der Waals surface area contributed by atoms with Gasteiger partial charge < -0.3 is 39.4 Å². The van der Waals surface area contributed by atoms with Crippen molar-refractivity contribution in [3.8, 4) is 5.75 Å². The van der Waals surface area contributed by atoms with E-state index in [2.05, 4.69) is 30.7 Å². The first-order chi connectivity index (χ1) is 31.3. The molecular formula is C47H55ClFN9O7. The number of carbonyl (C=O) groups excluding carboxylic acids is 4. The second kappa shape index (κ2) is 18.3. The first-order valence-corrected chi connectivity index (χ1v) is 23.1. The Morgan fingerprint density at radius 2 is 1.74 bits per heavy atom. The topological polar surface area (TPSA) is 180 Å². The molecule has 4 aromatic rings. The summed E-state index contributed by atoms with van der Waals surface area (Å²) in [6.07, 6.45) is 7.59. The number of aromatic nitrogens is 3. The van der Waals surface area contributed by atoms with Crippen LogP contribution in [0.3, 0.4) is 0 Å². The number of rotatable bonds is 12. The number of benzene rings is 2. The number of hydrogen-bond donors (Lipinski definition) is 3. The van der Waals surface area contributed by atoms with Crippen LogP contribution in [0.5, 0.6) is 5.75 Å². The molecule has 3 N–H and O–H groups in total. The first kappa shape index (κ1) is 44.5. The Bertz CT molecular complexity index is 2590. The van der Waals surface area contributed by atoms with Crippen LogP contribution >= 0.6 is 11.6 Å². The van der Waals surface area contributed by atoms with E-state index in [0.29, 0.717) is 45.2 Å². The Kier molecular flexibility index (Phi) is 12.6. The Morgan fingerprint density at radius 3 is 2.45 bits per heavy atom. The number of amides is 4. The summed E-state index contributed by atoms with van der Waals surface area (Å²) < 4.78 is 30.1. The van der Waals surface area contributed by atoms with Crippen molar-refractivity contribution in [2.24, 2.45) is 0 Å². The van der Waals surface area contributed by atoms with Crippen LogP contribution in [0.4, 0.5) is 21.8 Å². The summed E-state index contributed by atoms with van der Waals surface area (Å²) in [5.41, 5.74) is 2.41. The summed E-state index contributed by atoms with van der Waals surface area (Å²) in [7, 11) is 1.51. The van der Waals surface area contributed by atoms with Gasteiger partial charge in [0.1, 0.15) is 16.9 Å². The van der Waals surface area contributed by atoms with Crippen LogP contribution in [0.15, 0.2) is 47.4 Å². The molecule has 5 aliphatic rings. The number of nitrogens with one attached hydrogen (secondary N) is 3. The highest BCUT2D eigenvalue weighted by atomic mass is 35.5. The maximum Gasteiger partial charge on any atom is 0.293 e. The second-order valence-corrected chi connectivity index (χ2v) is 18.6. The van der Waals surface area contributed by atoms with E-state index < -0.39 is 18.0 Å². The van der Waals surface area contributed by atoms with Gasteiger partial charge in [-0.2, -0.15) is 4.98 Å². The van der Waals surface area contributed by atoms with Gasteiger partial charge in [-0.25, -0.2) is 9.37 Å². The molecule has 344 valence electrons. The van der Waals surface area contributed by atoms with E-state index in [4.69, 9.17) is 26.1 Å². The van der Waals surface area contributed by atoms with Gasteiger partial charge in [0.15, 0.2) is 18.2 Å². The third-order valence-electron chi connectivity index (χ3n) is 13.9. The van der Waals surface area contributed by atoms with Crippen LogP contribution in [-0.2, 0) is 19.1 Å². The second-order valence-electron chi connectivity index (χ2n) is 18.2. The van der Waals surface area contributed by atoms with Crippen molar-refractivity contribution in [3.63, 3.8) is 0 Å². The number of likely N-dealkylation sites (tertiary alicyclic amines) is 1. The van der Waals surface area contributed by atoms with Gasteiger partial charge in [-0.3, -0.25) is 29.3 Å². The molecule has 2 aromatic heterocycles. The van der Waals surface area contributed by atoms with Gasteiger partial charge in [-0.15, -0.1) is 0 Å². The molecule has 9 rings (SSSR count). The molecule has 16 nitrogen and oxygen atoms in total. The van der Waals surface area contributed by atoms with E-state index in [1.165, 1.54) is 11.9 Å². The van der Waals surface area contributed by atoms with E-state index in [1.54, 1.807) is 35.9 Å². The molecule has 0 unspecified atom stereocenters. The molecule has 4 aliphatic heterocycles. The van der Waals surface area contributed by atoms with Crippen LogP contribution in [0, 0.1) is 5.82 Å². The van der Waals surface area contributed by atoms with E-state index >= 15 is 4.39 Å². The number of anilines is 3. The van der Waals surface area contributed by atoms with Crippen molar-refractivity contribution in [2.45, 2.75) is 114 Å². The van der Waals surface area contributed by atoms with Crippen LogP contribution in [0.25, 0.3) is 10.9 Å². The Hall–Kier alpha value is -5.65. The van der Waals surface area contributed by atoms with Crippen LogP contribution in [0.2, 0.25) is 5.02 Å². The molecule has 65 heavy (non-hydrogen) atoms. The molecule has 1 aliphatic carbocycles. The number of halogens is 2. The molecule has 0 radical (unpaired) electrons. The third kappa shape index (κ3) is 8.77. The Morgan fingerprint density at radius 1 is 0.985 bits per heavy atom. The average Bonchev–Trinajstić information content (AvgIpc) is 3.53. The van der Waals surface area contributed by atoms with Crippen molar-refractivity contribution in [1.29, 1.82) is 0 Å². The minimum atomic E-state index is -0.792. The quantitative estimate of drug-likeness (QED) is 0.147. The van der Waals surface area contributed by atoms with Gasteiger partial charge in [0, 0.05) is 60.8 Å². The fourth-order valence-corrected chi connectivity index (χ4v) is 10.4. The Balaban J connectivity index is 0.752. The minimum absolute atomic E-state index is 0.0413. The molecular weight excluding hydrogens is 857 g/mol. The lowest BCUT2D eigenvalue weighted by atomic mass is 9.82. The number of fused-ring (bicyclic) bond motifs is 2. The molecule has 4 fully saturated rings. The predicted octanol–water partition coefficient (Wildman–Crippen LogP) is 5.75. The molecule has 4 amide bonds. The summed E-state index contributed by atoms with van der Waals surface area (Å²) in [6, 6.07) is 9.63. The summed E-state index contributed by atoms with van der Waals surface area (Å²) >= 11 is 6.60. The summed E-state index contributed by atoms with van der Waals surface area (Å²) in [4.78, 5) is 78.2. The summed E-state index contributed by atoms with van der Waals surface area (Å²) in [5.74, 6) is -0.755. The highest BCUT2D eigenvalue weighted by Gasteiger charge is 2.45. The molecule has 2 atom stereocenters. The molecule has 2 aromatic carbocycles. The molecule has 18 heteroatoms. The lowest BCUT2D eigenvalue weighted by molar-refractivity contribution is -0.137. The lowest BCUT2D eigenvalue weighted by Crippen LogP contribution is -2.53. The zero-order valence-electron chi connectivity index (χ0n) is 37.1. The number of ether oxygens (including phenoxy) is 2. The van der Waals surface area contributed by atoms with Crippen LogP contribution < -0.4 is 31.1 Å². The number of hydrogen-bond acceptors (Lipinski definition) is 12. The fraction of sp³-hybridized carbons (Fsp3) is 0.511. The van der Waals surface area contributed by atoms with Gasteiger partial charge >= 0.3 is 0 Å². The van der Waals surface area contributed by atoms with E-state index in [-0.39, 0.29) is 78.5 Å². The van der Waals surface area contributed by atoms with Crippen molar-refractivity contribution in [1.82, 2.24) is 35.0 Å². The highest BCUT2D eigenvalue weighted by molar-refractivity contribution is 6.33. The van der Waals surface area contributed by atoms with Gasteiger partial charge in [0.2, 0.25) is 17.8 Å². The molecule has 0 bridgehead atoms. The average molecular weight is 912 g/mol. The molecule has 3 saturated heterocycles. The van der Waals surface area contributed by atoms with Crippen LogP contribution in [-0.4, -0.2) is 112 Å². The number of likely N-dealkylation sites (N-methyl/N-ethyl adjacent to an activating group) is 1. The fourth-order valence-electron chi connectivity index (χ4n) is 10.3. The Labute approximate surface area is 381 Å². The summed E-state index contributed by atoms with van der Waals surface area (Å²) in [6.45, 7) is 8.52. The lowest BCUT2D eigenvalue weighted by Gasteiger charge is -2.47. The van der Waals surface area contributed by atoms with Gasteiger partial charge in [-0.1, -0.05) is 17.7 Å². The number of pyridine rings is 1. The first-order valence-electron chi connectivity index (χ1n) is 22.7. The number of carbonyl (C=O) groups is 4. The maximum absolute atomic E-state index is 16.3. The molecule has 0 spiro atoms. The highest BCUT2D eigenvalue weighted by Crippen LogP contribution is 2.43. The van der Waals surface area contributed by atoms with Gasteiger partial charge in [0.05, 0.1) is 30.0 Å². The number of piperidine rings is 3. The molecule has 6 heterocycles. The van der Waals surface area contributed by atoms with Crippen molar-refractivity contribution >= 4 is 63.6 Å². The van der Waals surface area contributed by atoms with Crippen molar-refractivity contribution < 1.29 is 33.0 Å². The predicted molar refractivity (Wildman–Crippen MR) is 242 cm³/mol. The zero-order chi connectivity index (χ0) is 45.7. The SMILES string of the molecule is CNC(=O)COc1cc2cc(Nc3nc(N4CCC(OC5CC(N6CCC(c7ccc8c(c7F)[C@H](C)N([C@H]7CCC(=O)NC7=O)C8=O)CC6)C5)CC4)ncc3Cl)ccc2n(C(C)C)c1=O. The largest absolute Gasteiger partial charge is 0.478 e. The standard InChI is InChI=1S/C47H55ClFN9O7/c1-25(2)57-36-8-5-29(19-28(36)20-38(46(57)63)64-24-40(60)50-4)52-43-35(48)23-51-47(54-43)56-17-13-31(14-18-56)65-32-21-30(22-32)55-15-11-27(12-16-55)33-6-7-34-41(42(33)49)26(3)58(45(34)62)37-9-10-39(59)53-44(37)61/h5-8,19-20,23,25-27,30-32,37H,9-18,21-22,24H2,1-4H3,(H,50,60)(H,51,52,54)(H,53,59,61)/t26-,30?,32?,37-/m0/s1. The number of imide groups is 1. The van der Waals surface area contributed by atoms with Gasteiger partial charge in [0.25, 0.3) is 17.4 Å². The maximum atomic E-state index is 16.3. The van der Waals surface area contributed by atoms with E-state index in [1.807, 2.05) is 32.0 Å². The van der Waals surface area contributed by atoms with Crippen molar-refractivity contribution in [3.05, 3.63) is 80.5 Å². The monoisotopic (exact) mass is 911 g/mol. The van der Waals surface area contributed by atoms with Crippen molar-refractivity contribution in [2.75, 3.05) is 50.1 Å². The summed E-state index contributed by atoms with van der Waals surface area (Å²) in [5, 5.41) is 9.25. The van der Waals surface area contributed by atoms with Crippen LogP contribution in [0.1, 0.15) is 112 Å². The van der Waals surface area contributed by atoms with E-state index in [0.717, 1.165) is 75.6 Å². The van der Waals surface area contributed by atoms with Gasteiger partial charge in [-0.05, 0) is 121 Å². The minimum Gasteiger partial charge on any atom is -0.478 e. The zero-order valence-corrected chi connectivity index (χ0v) is 37.8. The molecule has 1 saturated carbocycles. The normalized spacial score (nSPS) is 23.2. The smallest absolute Gasteiger partial charge is 0.293 e. The number of nitrogens with zero attached hydrogens (tertiary/aromatic N) is 6. The van der Waals surface area contributed by atoms with E-state index in [9.17, 15) is 24.0 Å². The third-order valence-corrected chi connectivity index (χ3v) is 14.1.